The Balaban J connectivity index is 2.64. The normalized spacial score (nSPS) is 10.6. The van der Waals surface area contributed by atoms with Crippen molar-refractivity contribution in [1.82, 2.24) is 9.66 Å². The minimum absolute atomic E-state index is 0.434. The molecule has 6 heteroatoms. The van der Waals surface area contributed by atoms with Crippen LogP contribution in [0.5, 0.6) is 5.75 Å². The smallest absolute Gasteiger partial charge is 0.150 e. The van der Waals surface area contributed by atoms with Gasteiger partial charge in [0.2, 0.25) is 0 Å². The molecule has 0 aliphatic carbocycles. The Morgan fingerprint density at radius 2 is 2.17 bits per heavy atom. The van der Waals surface area contributed by atoms with E-state index in [0.29, 0.717) is 17.3 Å². The molecule has 18 heavy (non-hydrogen) atoms. The minimum Gasteiger partial charge on any atom is -0.496 e. The van der Waals surface area contributed by atoms with Crippen molar-refractivity contribution in [1.29, 1.82) is 0 Å². The van der Waals surface area contributed by atoms with E-state index in [1.165, 1.54) is 4.68 Å². The van der Waals surface area contributed by atoms with Crippen molar-refractivity contribution in [3.8, 4) is 17.0 Å². The highest BCUT2D eigenvalue weighted by Crippen LogP contribution is 2.35. The SMILES string of the molecule is CCc1nc(-c2cc(Br)ccc2OC)c(N)n1N. The average Bonchev–Trinajstić information content (AvgIpc) is 2.66. The van der Waals surface area contributed by atoms with Crippen LogP contribution in [0.3, 0.4) is 0 Å². The maximum absolute atomic E-state index is 5.99. The third kappa shape index (κ3) is 2.03. The molecule has 4 N–H and O–H groups in total. The molecule has 0 fully saturated rings. The summed E-state index contributed by atoms with van der Waals surface area (Å²) in [5, 5.41) is 0. The molecule has 1 heterocycles. The first-order valence-electron chi connectivity index (χ1n) is 5.54. The third-order valence-electron chi connectivity index (χ3n) is 2.75. The van der Waals surface area contributed by atoms with Crippen LogP contribution in [0.4, 0.5) is 5.82 Å². The van der Waals surface area contributed by atoms with E-state index < -0.39 is 0 Å². The molecule has 0 atom stereocenters. The van der Waals surface area contributed by atoms with Gasteiger partial charge >= 0.3 is 0 Å². The Bertz CT molecular complexity index is 580. The van der Waals surface area contributed by atoms with E-state index in [1.54, 1.807) is 7.11 Å². The van der Waals surface area contributed by atoms with Gasteiger partial charge in [-0.2, -0.15) is 0 Å². The van der Waals surface area contributed by atoms with Crippen molar-refractivity contribution in [2.45, 2.75) is 13.3 Å². The molecule has 0 aliphatic rings. The predicted molar refractivity (Wildman–Crippen MR) is 75.9 cm³/mol. The number of nitrogen functional groups attached to an aromatic ring is 2. The lowest BCUT2D eigenvalue weighted by molar-refractivity contribution is 0.416. The lowest BCUT2D eigenvalue weighted by Gasteiger charge is -2.07. The van der Waals surface area contributed by atoms with Gasteiger partial charge in [-0.05, 0) is 18.2 Å². The average molecular weight is 311 g/mol. The number of halogens is 1. The number of imidazole rings is 1. The van der Waals surface area contributed by atoms with Gasteiger partial charge in [-0.25, -0.2) is 9.66 Å². The number of aryl methyl sites for hydroxylation is 1. The van der Waals surface area contributed by atoms with Gasteiger partial charge in [-0.1, -0.05) is 22.9 Å². The number of hydrogen-bond donors (Lipinski definition) is 2. The van der Waals surface area contributed by atoms with Crippen LogP contribution in [0, 0.1) is 0 Å². The molecule has 5 nitrogen and oxygen atoms in total. The zero-order chi connectivity index (χ0) is 13.3. The van der Waals surface area contributed by atoms with Crippen LogP contribution in [0.15, 0.2) is 22.7 Å². The van der Waals surface area contributed by atoms with E-state index in [4.69, 9.17) is 16.3 Å². The summed E-state index contributed by atoms with van der Waals surface area (Å²) in [5.74, 6) is 7.74. The minimum atomic E-state index is 0.434. The number of hydrogen-bond acceptors (Lipinski definition) is 4. The van der Waals surface area contributed by atoms with Gasteiger partial charge in [-0.15, -0.1) is 0 Å². The molecule has 0 amide bonds. The molecule has 0 saturated heterocycles. The molecule has 0 radical (unpaired) electrons. The summed E-state index contributed by atoms with van der Waals surface area (Å²) in [6, 6.07) is 5.68. The standard InChI is InChI=1S/C12H15BrN4O/c1-3-10-16-11(12(14)17(10)15)8-6-7(13)4-5-9(8)18-2/h4-6H,3,14-15H2,1-2H3. The number of nitrogens with zero attached hydrogens (tertiary/aromatic N) is 2. The molecule has 96 valence electrons. The molecule has 0 spiro atoms. The molecule has 2 rings (SSSR count). The lowest BCUT2D eigenvalue weighted by atomic mass is 10.1. The number of ether oxygens (including phenoxy) is 1. The Hall–Kier alpha value is -1.69. The summed E-state index contributed by atoms with van der Waals surface area (Å²) in [6.45, 7) is 1.98. The van der Waals surface area contributed by atoms with Gasteiger partial charge in [-0.3, -0.25) is 0 Å². The maximum atomic E-state index is 5.99. The molecule has 2 aromatic rings. The third-order valence-corrected chi connectivity index (χ3v) is 3.25. The molecule has 0 aliphatic heterocycles. The number of anilines is 1. The fourth-order valence-electron chi connectivity index (χ4n) is 1.81. The second-order valence-electron chi connectivity index (χ2n) is 3.83. The second-order valence-corrected chi connectivity index (χ2v) is 4.75. The molecular formula is C12H15BrN4O. The van der Waals surface area contributed by atoms with Gasteiger partial charge < -0.3 is 16.3 Å². The predicted octanol–water partition coefficient (Wildman–Crippen LogP) is 2.18. The van der Waals surface area contributed by atoms with E-state index in [9.17, 15) is 0 Å². The summed E-state index contributed by atoms with van der Waals surface area (Å²) < 4.78 is 7.67. The van der Waals surface area contributed by atoms with E-state index in [0.717, 1.165) is 22.3 Å². The summed E-state index contributed by atoms with van der Waals surface area (Å²) >= 11 is 3.43. The lowest BCUT2D eigenvalue weighted by Crippen LogP contribution is -2.14. The Kier molecular flexibility index (Phi) is 3.47. The summed E-state index contributed by atoms with van der Waals surface area (Å²) in [6.07, 6.45) is 0.719. The Morgan fingerprint density at radius 3 is 2.72 bits per heavy atom. The number of methoxy groups -OCH3 is 1. The summed E-state index contributed by atoms with van der Waals surface area (Å²) in [5.41, 5.74) is 7.46. The second kappa shape index (κ2) is 4.89. The molecule has 1 aromatic carbocycles. The van der Waals surface area contributed by atoms with Gasteiger partial charge in [0.1, 0.15) is 17.3 Å². The summed E-state index contributed by atoms with van der Waals surface area (Å²) in [7, 11) is 1.61. The number of rotatable bonds is 3. The zero-order valence-corrected chi connectivity index (χ0v) is 11.9. The van der Waals surface area contributed by atoms with E-state index in [2.05, 4.69) is 20.9 Å². The van der Waals surface area contributed by atoms with Gasteiger partial charge in [0, 0.05) is 16.5 Å². The van der Waals surface area contributed by atoms with Crippen molar-refractivity contribution in [2.24, 2.45) is 0 Å². The number of benzene rings is 1. The van der Waals surface area contributed by atoms with Crippen LogP contribution in [0.2, 0.25) is 0 Å². The van der Waals surface area contributed by atoms with E-state index in [1.807, 2.05) is 25.1 Å². The highest BCUT2D eigenvalue weighted by atomic mass is 79.9. The van der Waals surface area contributed by atoms with Crippen molar-refractivity contribution in [2.75, 3.05) is 18.7 Å². The van der Waals surface area contributed by atoms with E-state index in [-0.39, 0.29) is 0 Å². The maximum Gasteiger partial charge on any atom is 0.150 e. The topological polar surface area (TPSA) is 79.1 Å². The van der Waals surface area contributed by atoms with Crippen molar-refractivity contribution >= 4 is 21.7 Å². The molecule has 0 bridgehead atoms. The van der Waals surface area contributed by atoms with Crippen LogP contribution in [-0.2, 0) is 6.42 Å². The fourth-order valence-corrected chi connectivity index (χ4v) is 2.17. The van der Waals surface area contributed by atoms with Crippen LogP contribution >= 0.6 is 15.9 Å². The van der Waals surface area contributed by atoms with Gasteiger partial charge in [0.15, 0.2) is 5.82 Å². The monoisotopic (exact) mass is 310 g/mol. The van der Waals surface area contributed by atoms with Crippen molar-refractivity contribution < 1.29 is 4.74 Å². The number of aromatic nitrogens is 2. The first-order chi connectivity index (χ1) is 8.58. The molecule has 0 saturated carbocycles. The highest BCUT2D eigenvalue weighted by Gasteiger charge is 2.17. The van der Waals surface area contributed by atoms with Crippen molar-refractivity contribution in [3.05, 3.63) is 28.5 Å². The summed E-state index contributed by atoms with van der Waals surface area (Å²) in [4.78, 5) is 4.46. The number of nitrogens with two attached hydrogens (primary N) is 2. The largest absolute Gasteiger partial charge is 0.496 e. The van der Waals surface area contributed by atoms with Crippen molar-refractivity contribution in [3.63, 3.8) is 0 Å². The van der Waals surface area contributed by atoms with E-state index >= 15 is 0 Å². The zero-order valence-electron chi connectivity index (χ0n) is 10.3. The molecule has 0 unspecified atom stereocenters. The highest BCUT2D eigenvalue weighted by molar-refractivity contribution is 9.10. The van der Waals surface area contributed by atoms with Crippen LogP contribution in [0.25, 0.3) is 11.3 Å². The van der Waals surface area contributed by atoms with Gasteiger partial charge in [0.25, 0.3) is 0 Å². The first kappa shape index (κ1) is 12.8. The Labute approximate surface area is 114 Å². The van der Waals surface area contributed by atoms with Crippen LogP contribution < -0.4 is 16.3 Å². The quantitative estimate of drug-likeness (QED) is 0.852. The van der Waals surface area contributed by atoms with Gasteiger partial charge in [0.05, 0.1) is 7.11 Å². The Morgan fingerprint density at radius 1 is 1.44 bits per heavy atom. The first-order valence-corrected chi connectivity index (χ1v) is 6.33. The van der Waals surface area contributed by atoms with Crippen LogP contribution in [-0.4, -0.2) is 16.8 Å². The van der Waals surface area contributed by atoms with Crippen LogP contribution in [0.1, 0.15) is 12.7 Å². The molecule has 1 aromatic heterocycles. The molecular weight excluding hydrogens is 296 g/mol. The fraction of sp³-hybridized carbons (Fsp3) is 0.250.